The van der Waals surface area contributed by atoms with Crippen LogP contribution in [0.15, 0.2) is 18.2 Å². The lowest BCUT2D eigenvalue weighted by Crippen LogP contribution is -2.45. The van der Waals surface area contributed by atoms with E-state index in [2.05, 4.69) is 5.32 Å². The molecule has 2 unspecified atom stereocenters. The smallest absolute Gasteiger partial charge is 0.328 e. The lowest BCUT2D eigenvalue weighted by Gasteiger charge is -2.22. The highest BCUT2D eigenvalue weighted by molar-refractivity contribution is 6.02. The molecule has 0 bridgehead atoms. The van der Waals surface area contributed by atoms with Crippen molar-refractivity contribution in [2.75, 3.05) is 32.8 Å². The molecule has 0 radical (unpaired) electrons. The monoisotopic (exact) mass is 392 g/mol. The Morgan fingerprint density at radius 3 is 2.50 bits per heavy atom. The first-order valence-electron chi connectivity index (χ1n) is 9.21. The second-order valence-electron chi connectivity index (χ2n) is 7.16. The van der Waals surface area contributed by atoms with E-state index in [0.717, 1.165) is 0 Å². The lowest BCUT2D eigenvalue weighted by atomic mass is 10.0. The predicted molar refractivity (Wildman–Crippen MR) is 103 cm³/mol. The first kappa shape index (κ1) is 21.5. The van der Waals surface area contributed by atoms with Crippen LogP contribution in [-0.4, -0.2) is 51.7 Å². The first-order valence-corrected chi connectivity index (χ1v) is 9.21. The summed E-state index contributed by atoms with van der Waals surface area (Å²) in [5, 5.41) is 2.74. The minimum Gasteiger partial charge on any atom is -0.497 e. The Morgan fingerprint density at radius 1 is 1.21 bits per heavy atom. The predicted octanol–water partition coefficient (Wildman–Crippen LogP) is 1.76. The van der Waals surface area contributed by atoms with Crippen molar-refractivity contribution < 1.29 is 28.6 Å². The van der Waals surface area contributed by atoms with E-state index in [9.17, 15) is 14.4 Å². The maximum absolute atomic E-state index is 12.7. The third kappa shape index (κ3) is 4.94. The molecule has 2 amide bonds. The molecule has 154 valence electrons. The van der Waals surface area contributed by atoms with E-state index in [4.69, 9.17) is 14.2 Å². The Kier molecular flexibility index (Phi) is 7.25. The van der Waals surface area contributed by atoms with Gasteiger partial charge in [0.1, 0.15) is 17.5 Å². The molecule has 0 aromatic heterocycles. The number of carbonyl (C=O) groups is 3. The molecular weight excluding hydrogens is 364 g/mol. The van der Waals surface area contributed by atoms with Crippen molar-refractivity contribution in [1.82, 2.24) is 5.32 Å². The fraction of sp³-hybridized carbons (Fsp3) is 0.550. The number of nitrogens with zero attached hydrogens (tertiary/aromatic N) is 1. The van der Waals surface area contributed by atoms with Gasteiger partial charge in [-0.25, -0.2) is 4.79 Å². The van der Waals surface area contributed by atoms with Gasteiger partial charge in [-0.1, -0.05) is 13.8 Å². The van der Waals surface area contributed by atoms with Gasteiger partial charge in [0, 0.05) is 19.0 Å². The van der Waals surface area contributed by atoms with Crippen molar-refractivity contribution in [2.45, 2.75) is 32.7 Å². The summed E-state index contributed by atoms with van der Waals surface area (Å²) >= 11 is 0. The summed E-state index contributed by atoms with van der Waals surface area (Å²) in [6, 6.07) is 4.42. The van der Waals surface area contributed by atoms with Crippen LogP contribution >= 0.6 is 0 Å². The molecule has 1 saturated heterocycles. The van der Waals surface area contributed by atoms with Crippen LogP contribution in [-0.2, 0) is 19.1 Å². The van der Waals surface area contributed by atoms with E-state index < -0.39 is 17.9 Å². The average Bonchev–Trinajstić information content (AvgIpc) is 3.07. The summed E-state index contributed by atoms with van der Waals surface area (Å²) in [5.74, 6) is -0.284. The Labute approximate surface area is 165 Å². The molecule has 1 aromatic carbocycles. The SMILES string of the molecule is COC(=O)C(CC(C)C)NC(=O)C1CC(=O)N(c2cc(OC)ccc2OC)C1. The maximum atomic E-state index is 12.7. The summed E-state index contributed by atoms with van der Waals surface area (Å²) in [7, 11) is 4.34. The van der Waals surface area contributed by atoms with Crippen molar-refractivity contribution in [1.29, 1.82) is 0 Å². The number of carbonyl (C=O) groups excluding carboxylic acids is 3. The second kappa shape index (κ2) is 9.43. The highest BCUT2D eigenvalue weighted by atomic mass is 16.5. The number of hydrogen-bond acceptors (Lipinski definition) is 6. The minimum atomic E-state index is -0.729. The molecule has 1 fully saturated rings. The number of hydrogen-bond donors (Lipinski definition) is 1. The minimum absolute atomic E-state index is 0.0573. The molecule has 28 heavy (non-hydrogen) atoms. The molecule has 1 aliphatic heterocycles. The van der Waals surface area contributed by atoms with Gasteiger partial charge in [0.2, 0.25) is 11.8 Å². The van der Waals surface area contributed by atoms with Crippen LogP contribution in [0.3, 0.4) is 0 Å². The number of rotatable bonds is 8. The number of nitrogens with one attached hydrogen (secondary N) is 1. The number of esters is 1. The molecule has 1 aromatic rings. The zero-order valence-electron chi connectivity index (χ0n) is 17.0. The zero-order valence-corrected chi connectivity index (χ0v) is 17.0. The molecule has 8 nitrogen and oxygen atoms in total. The summed E-state index contributed by atoms with van der Waals surface area (Å²) in [5.41, 5.74) is 0.550. The van der Waals surface area contributed by atoms with Gasteiger partial charge in [-0.3, -0.25) is 9.59 Å². The fourth-order valence-corrected chi connectivity index (χ4v) is 3.24. The van der Waals surface area contributed by atoms with Gasteiger partial charge in [0.15, 0.2) is 0 Å². The maximum Gasteiger partial charge on any atom is 0.328 e. The van der Waals surface area contributed by atoms with Gasteiger partial charge in [-0.2, -0.15) is 0 Å². The zero-order chi connectivity index (χ0) is 20.8. The van der Waals surface area contributed by atoms with Crippen molar-refractivity contribution in [3.8, 4) is 11.5 Å². The summed E-state index contributed by atoms with van der Waals surface area (Å²) in [6.45, 7) is 4.11. The molecule has 0 saturated carbocycles. The fourth-order valence-electron chi connectivity index (χ4n) is 3.24. The number of ether oxygens (including phenoxy) is 3. The number of methoxy groups -OCH3 is 3. The standard InChI is InChI=1S/C20H28N2O6/c1-12(2)8-15(20(25)28-5)21-19(24)13-9-18(23)22(11-13)16-10-14(26-3)6-7-17(16)27-4/h6-7,10,12-13,15H,8-9,11H2,1-5H3,(H,21,24). The molecule has 2 rings (SSSR count). The molecule has 8 heteroatoms. The Bertz CT molecular complexity index is 733. The van der Waals surface area contributed by atoms with E-state index in [1.807, 2.05) is 13.8 Å². The van der Waals surface area contributed by atoms with Crippen LogP contribution in [0.25, 0.3) is 0 Å². The number of anilines is 1. The van der Waals surface area contributed by atoms with E-state index in [1.54, 1.807) is 18.2 Å². The largest absolute Gasteiger partial charge is 0.497 e. The Morgan fingerprint density at radius 2 is 1.93 bits per heavy atom. The normalized spacial score (nSPS) is 17.4. The van der Waals surface area contributed by atoms with E-state index in [-0.39, 0.29) is 30.7 Å². The number of benzene rings is 1. The molecule has 1 heterocycles. The van der Waals surface area contributed by atoms with Gasteiger partial charge in [-0.15, -0.1) is 0 Å². The molecule has 0 spiro atoms. The molecular formula is C20H28N2O6. The van der Waals surface area contributed by atoms with Crippen molar-refractivity contribution >= 4 is 23.5 Å². The first-order chi connectivity index (χ1) is 13.3. The lowest BCUT2D eigenvalue weighted by molar-refractivity contribution is -0.146. The van der Waals surface area contributed by atoms with Gasteiger partial charge < -0.3 is 24.4 Å². The van der Waals surface area contributed by atoms with Crippen molar-refractivity contribution in [3.63, 3.8) is 0 Å². The topological polar surface area (TPSA) is 94.2 Å². The number of amides is 2. The summed E-state index contributed by atoms with van der Waals surface area (Å²) in [6.07, 6.45) is 0.522. The van der Waals surface area contributed by atoms with Crippen LogP contribution in [0.4, 0.5) is 5.69 Å². The summed E-state index contributed by atoms with van der Waals surface area (Å²) in [4.78, 5) is 38.7. The Balaban J connectivity index is 2.15. The van der Waals surface area contributed by atoms with Crippen molar-refractivity contribution in [2.24, 2.45) is 11.8 Å². The molecule has 2 atom stereocenters. The van der Waals surface area contributed by atoms with Gasteiger partial charge in [0.25, 0.3) is 0 Å². The highest BCUT2D eigenvalue weighted by Gasteiger charge is 2.38. The van der Waals surface area contributed by atoms with Crippen LogP contribution in [0, 0.1) is 11.8 Å². The highest BCUT2D eigenvalue weighted by Crippen LogP contribution is 2.36. The van der Waals surface area contributed by atoms with E-state index in [1.165, 1.54) is 26.2 Å². The second-order valence-corrected chi connectivity index (χ2v) is 7.16. The van der Waals surface area contributed by atoms with Crippen molar-refractivity contribution in [3.05, 3.63) is 18.2 Å². The van der Waals surface area contributed by atoms with Gasteiger partial charge in [-0.05, 0) is 24.5 Å². The quantitative estimate of drug-likeness (QED) is 0.678. The molecule has 0 aliphatic carbocycles. The summed E-state index contributed by atoms with van der Waals surface area (Å²) < 4.78 is 15.4. The van der Waals surface area contributed by atoms with Crippen LogP contribution in [0.2, 0.25) is 0 Å². The molecule has 1 N–H and O–H groups in total. The molecule has 1 aliphatic rings. The van der Waals surface area contributed by atoms with Crippen LogP contribution < -0.4 is 19.7 Å². The third-order valence-corrected chi connectivity index (χ3v) is 4.68. The third-order valence-electron chi connectivity index (χ3n) is 4.68. The Hall–Kier alpha value is -2.77. The average molecular weight is 392 g/mol. The van der Waals surface area contributed by atoms with Crippen LogP contribution in [0.5, 0.6) is 11.5 Å². The van der Waals surface area contributed by atoms with Crippen LogP contribution in [0.1, 0.15) is 26.7 Å². The van der Waals surface area contributed by atoms with E-state index >= 15 is 0 Å². The van der Waals surface area contributed by atoms with E-state index in [0.29, 0.717) is 23.6 Å². The van der Waals surface area contributed by atoms with Gasteiger partial charge >= 0.3 is 5.97 Å². The van der Waals surface area contributed by atoms with Gasteiger partial charge in [0.05, 0.1) is 32.9 Å².